The van der Waals surface area contributed by atoms with Gasteiger partial charge in [0.15, 0.2) is 5.82 Å². The van der Waals surface area contributed by atoms with E-state index in [4.69, 9.17) is 4.52 Å². The molecule has 0 saturated heterocycles. The van der Waals surface area contributed by atoms with E-state index in [9.17, 15) is 4.79 Å². The Morgan fingerprint density at radius 1 is 1.35 bits per heavy atom. The van der Waals surface area contributed by atoms with Crippen molar-refractivity contribution in [2.24, 2.45) is 0 Å². The fraction of sp³-hybridized carbons (Fsp3) is 0.471. The van der Waals surface area contributed by atoms with Gasteiger partial charge in [0.25, 0.3) is 0 Å². The number of benzene rings is 1. The molecule has 0 aliphatic heterocycles. The molecule has 0 unspecified atom stereocenters. The standard InChI is InChI=1S/C17H24N4O2/c1-6-21(5)14(13-10-8-7-9-11-13)15-18-16(20-23-15)17(3,4)19-12(2)22/h7-11,14H,6H2,1-5H3,(H,19,22)/t14-/m1/s1. The zero-order valence-corrected chi connectivity index (χ0v) is 14.3. The summed E-state index contributed by atoms with van der Waals surface area (Å²) >= 11 is 0. The molecule has 124 valence electrons. The van der Waals surface area contributed by atoms with Crippen molar-refractivity contribution in [2.45, 2.75) is 39.3 Å². The van der Waals surface area contributed by atoms with Crippen molar-refractivity contribution >= 4 is 5.91 Å². The summed E-state index contributed by atoms with van der Waals surface area (Å²) in [5.74, 6) is 0.855. The first kappa shape index (κ1) is 17.1. The molecule has 6 nitrogen and oxygen atoms in total. The molecule has 1 heterocycles. The van der Waals surface area contributed by atoms with E-state index in [0.29, 0.717) is 11.7 Å². The Bertz CT molecular complexity index is 652. The van der Waals surface area contributed by atoms with Crippen LogP contribution in [0.1, 0.15) is 51.0 Å². The minimum Gasteiger partial charge on any atom is -0.344 e. The van der Waals surface area contributed by atoms with Crippen LogP contribution in [-0.2, 0) is 10.3 Å². The molecule has 1 atom stereocenters. The summed E-state index contributed by atoms with van der Waals surface area (Å²) < 4.78 is 5.52. The number of nitrogens with zero attached hydrogens (tertiary/aromatic N) is 3. The minimum atomic E-state index is -0.681. The number of rotatable bonds is 6. The quantitative estimate of drug-likeness (QED) is 0.886. The third-order valence-corrected chi connectivity index (χ3v) is 3.78. The lowest BCUT2D eigenvalue weighted by Gasteiger charge is -2.24. The zero-order chi connectivity index (χ0) is 17.0. The Kier molecular flexibility index (Phi) is 5.15. The summed E-state index contributed by atoms with van der Waals surface area (Å²) in [6.45, 7) is 8.09. The van der Waals surface area contributed by atoms with Crippen LogP contribution >= 0.6 is 0 Å². The molecular formula is C17H24N4O2. The number of amides is 1. The third kappa shape index (κ3) is 3.96. The second kappa shape index (κ2) is 6.91. The van der Waals surface area contributed by atoms with Crippen molar-refractivity contribution in [2.75, 3.05) is 13.6 Å². The highest BCUT2D eigenvalue weighted by molar-refractivity contribution is 5.73. The smallest absolute Gasteiger partial charge is 0.248 e. The Labute approximate surface area is 136 Å². The molecule has 1 amide bonds. The molecule has 2 rings (SSSR count). The molecule has 0 bridgehead atoms. The molecule has 0 aliphatic rings. The summed E-state index contributed by atoms with van der Waals surface area (Å²) in [6, 6.07) is 9.93. The average Bonchev–Trinajstić information content (AvgIpc) is 2.97. The maximum absolute atomic E-state index is 11.3. The molecule has 1 aromatic carbocycles. The number of nitrogens with one attached hydrogen (secondary N) is 1. The van der Waals surface area contributed by atoms with E-state index in [1.54, 1.807) is 0 Å². The van der Waals surface area contributed by atoms with E-state index in [1.807, 2.05) is 51.2 Å². The van der Waals surface area contributed by atoms with Gasteiger partial charge in [0, 0.05) is 6.92 Å². The van der Waals surface area contributed by atoms with Gasteiger partial charge in [-0.2, -0.15) is 4.98 Å². The molecule has 2 aromatic rings. The van der Waals surface area contributed by atoms with Crippen molar-refractivity contribution in [3.63, 3.8) is 0 Å². The first-order valence-corrected chi connectivity index (χ1v) is 7.73. The van der Waals surface area contributed by atoms with Gasteiger partial charge in [0.2, 0.25) is 11.8 Å². The molecule has 0 radical (unpaired) electrons. The van der Waals surface area contributed by atoms with Gasteiger partial charge in [-0.15, -0.1) is 0 Å². The lowest BCUT2D eigenvalue weighted by Crippen LogP contribution is -2.40. The van der Waals surface area contributed by atoms with Crippen LogP contribution in [0, 0.1) is 0 Å². The van der Waals surface area contributed by atoms with Crippen molar-refractivity contribution < 1.29 is 9.32 Å². The first-order valence-electron chi connectivity index (χ1n) is 7.73. The van der Waals surface area contributed by atoms with Crippen LogP contribution in [0.25, 0.3) is 0 Å². The average molecular weight is 316 g/mol. The van der Waals surface area contributed by atoms with Gasteiger partial charge in [0.05, 0.1) is 5.54 Å². The lowest BCUT2D eigenvalue weighted by molar-refractivity contribution is -0.120. The third-order valence-electron chi connectivity index (χ3n) is 3.78. The van der Waals surface area contributed by atoms with E-state index < -0.39 is 5.54 Å². The van der Waals surface area contributed by atoms with Gasteiger partial charge in [0.1, 0.15) is 6.04 Å². The second-order valence-electron chi connectivity index (χ2n) is 6.15. The molecule has 23 heavy (non-hydrogen) atoms. The SMILES string of the molecule is CCN(C)[C@H](c1ccccc1)c1nc(C(C)(C)NC(C)=O)no1. The summed E-state index contributed by atoms with van der Waals surface area (Å²) in [5.41, 5.74) is 0.406. The number of hydrogen-bond acceptors (Lipinski definition) is 5. The predicted molar refractivity (Wildman–Crippen MR) is 87.7 cm³/mol. The van der Waals surface area contributed by atoms with Gasteiger partial charge in [-0.3, -0.25) is 9.69 Å². The molecule has 0 spiro atoms. The molecular weight excluding hydrogens is 292 g/mol. The predicted octanol–water partition coefficient (Wildman–Crippen LogP) is 2.48. The maximum atomic E-state index is 11.3. The van der Waals surface area contributed by atoms with Crippen molar-refractivity contribution in [1.29, 1.82) is 0 Å². The van der Waals surface area contributed by atoms with Crippen molar-refractivity contribution in [1.82, 2.24) is 20.4 Å². The topological polar surface area (TPSA) is 71.3 Å². The highest BCUT2D eigenvalue weighted by Gasteiger charge is 2.31. The largest absolute Gasteiger partial charge is 0.344 e. The van der Waals surface area contributed by atoms with Crippen LogP contribution in [0.4, 0.5) is 0 Å². The van der Waals surface area contributed by atoms with E-state index in [-0.39, 0.29) is 11.9 Å². The van der Waals surface area contributed by atoms with Crippen LogP contribution in [0.5, 0.6) is 0 Å². The van der Waals surface area contributed by atoms with Gasteiger partial charge in [-0.1, -0.05) is 42.4 Å². The van der Waals surface area contributed by atoms with E-state index in [0.717, 1.165) is 12.1 Å². The maximum Gasteiger partial charge on any atom is 0.248 e. The van der Waals surface area contributed by atoms with Gasteiger partial charge < -0.3 is 9.84 Å². The Morgan fingerprint density at radius 3 is 2.57 bits per heavy atom. The highest BCUT2D eigenvalue weighted by atomic mass is 16.5. The van der Waals surface area contributed by atoms with Crippen LogP contribution in [0.15, 0.2) is 34.9 Å². The molecule has 0 fully saturated rings. The fourth-order valence-corrected chi connectivity index (χ4v) is 2.50. The number of carbonyl (C=O) groups is 1. The van der Waals surface area contributed by atoms with Crippen LogP contribution < -0.4 is 5.32 Å². The number of hydrogen-bond donors (Lipinski definition) is 1. The second-order valence-corrected chi connectivity index (χ2v) is 6.15. The Hall–Kier alpha value is -2.21. The summed E-state index contributed by atoms with van der Waals surface area (Å²) in [5, 5.41) is 6.91. The molecule has 6 heteroatoms. The molecule has 1 aromatic heterocycles. The van der Waals surface area contributed by atoms with Crippen molar-refractivity contribution in [3.05, 3.63) is 47.6 Å². The zero-order valence-electron chi connectivity index (χ0n) is 14.3. The summed E-state index contributed by atoms with van der Waals surface area (Å²) in [6.07, 6.45) is 0. The summed E-state index contributed by atoms with van der Waals surface area (Å²) in [7, 11) is 2.01. The molecule has 1 N–H and O–H groups in total. The Balaban J connectivity index is 2.37. The number of aromatic nitrogens is 2. The fourth-order valence-electron chi connectivity index (χ4n) is 2.50. The van der Waals surface area contributed by atoms with Crippen LogP contribution in [0.3, 0.4) is 0 Å². The first-order chi connectivity index (χ1) is 10.8. The van der Waals surface area contributed by atoms with Gasteiger partial charge in [-0.05, 0) is 33.0 Å². The number of carbonyl (C=O) groups excluding carboxylic acids is 1. The van der Waals surface area contributed by atoms with Crippen molar-refractivity contribution in [3.8, 4) is 0 Å². The highest BCUT2D eigenvalue weighted by Crippen LogP contribution is 2.27. The monoisotopic (exact) mass is 316 g/mol. The van der Waals surface area contributed by atoms with E-state index in [1.165, 1.54) is 6.92 Å². The Morgan fingerprint density at radius 2 is 2.00 bits per heavy atom. The van der Waals surface area contributed by atoms with Crippen LogP contribution in [0.2, 0.25) is 0 Å². The van der Waals surface area contributed by atoms with Gasteiger partial charge >= 0.3 is 0 Å². The molecule has 0 saturated carbocycles. The normalized spacial score (nSPS) is 13.1. The van der Waals surface area contributed by atoms with E-state index >= 15 is 0 Å². The minimum absolute atomic E-state index is 0.115. The van der Waals surface area contributed by atoms with Crippen LogP contribution in [-0.4, -0.2) is 34.5 Å². The lowest BCUT2D eigenvalue weighted by atomic mass is 10.0. The van der Waals surface area contributed by atoms with Gasteiger partial charge in [-0.25, -0.2) is 0 Å². The molecule has 0 aliphatic carbocycles. The van der Waals surface area contributed by atoms with E-state index in [2.05, 4.69) is 27.3 Å². The summed E-state index contributed by atoms with van der Waals surface area (Å²) in [4.78, 5) is 18.0.